The number of aromatic nitrogens is 2. The number of likely N-dealkylation sites (tertiary alicyclic amines) is 1. The van der Waals surface area contributed by atoms with E-state index in [1.54, 1.807) is 6.20 Å². The molecule has 0 bridgehead atoms. The van der Waals surface area contributed by atoms with E-state index in [2.05, 4.69) is 10.4 Å². The summed E-state index contributed by atoms with van der Waals surface area (Å²) in [4.78, 5) is 14.3. The number of nitrogens with one attached hydrogen (secondary N) is 1. The molecule has 1 aromatic rings. The lowest BCUT2D eigenvalue weighted by Gasteiger charge is -2.35. The second-order valence-electron chi connectivity index (χ2n) is 7.14. The van der Waals surface area contributed by atoms with Crippen LogP contribution in [0.15, 0.2) is 18.5 Å². The number of hydrogen-bond donors (Lipinski definition) is 1. The molecule has 1 N–H and O–H groups in total. The van der Waals surface area contributed by atoms with Crippen LogP contribution in [0.1, 0.15) is 39.5 Å². The van der Waals surface area contributed by atoms with Crippen LogP contribution in [0.2, 0.25) is 0 Å². The van der Waals surface area contributed by atoms with E-state index >= 15 is 0 Å². The summed E-state index contributed by atoms with van der Waals surface area (Å²) in [5, 5.41) is 6.99. The number of carbonyl (C=O) groups excluding carboxylic acids is 1. The van der Waals surface area contributed by atoms with E-state index in [9.17, 15) is 13.2 Å². The van der Waals surface area contributed by atoms with E-state index < -0.39 is 9.84 Å². The molecule has 2 amide bonds. The predicted octanol–water partition coefficient (Wildman–Crippen LogP) is 1.91. The fourth-order valence-electron chi connectivity index (χ4n) is 3.29. The van der Waals surface area contributed by atoms with Crippen molar-refractivity contribution in [3.05, 3.63) is 18.5 Å². The van der Waals surface area contributed by atoms with Gasteiger partial charge in [0.25, 0.3) is 0 Å². The maximum atomic E-state index is 12.5. The Morgan fingerprint density at radius 1 is 1.36 bits per heavy atom. The van der Waals surface area contributed by atoms with Crippen LogP contribution < -0.4 is 5.32 Å². The second kappa shape index (κ2) is 9.22. The molecule has 1 saturated heterocycles. The molecule has 25 heavy (non-hydrogen) atoms. The van der Waals surface area contributed by atoms with Gasteiger partial charge in [0.1, 0.15) is 0 Å². The van der Waals surface area contributed by atoms with Crippen LogP contribution >= 0.6 is 0 Å². The number of piperidine rings is 1. The summed E-state index contributed by atoms with van der Waals surface area (Å²) < 4.78 is 25.7. The fourth-order valence-corrected chi connectivity index (χ4v) is 4.88. The maximum Gasteiger partial charge on any atom is 0.317 e. The zero-order valence-corrected chi connectivity index (χ0v) is 16.0. The van der Waals surface area contributed by atoms with Crippen molar-refractivity contribution < 1.29 is 13.2 Å². The number of hydrogen-bond acceptors (Lipinski definition) is 4. The van der Waals surface area contributed by atoms with Gasteiger partial charge in [0.2, 0.25) is 0 Å². The quantitative estimate of drug-likeness (QED) is 0.757. The van der Waals surface area contributed by atoms with Gasteiger partial charge in [-0.1, -0.05) is 13.8 Å². The van der Waals surface area contributed by atoms with Crippen LogP contribution in [0.5, 0.6) is 0 Å². The molecule has 0 aliphatic carbocycles. The Bertz CT molecular complexity index is 628. The number of urea groups is 1. The first kappa shape index (κ1) is 19.8. The molecule has 0 unspecified atom stereocenters. The highest BCUT2D eigenvalue weighted by molar-refractivity contribution is 7.91. The zero-order valence-electron chi connectivity index (χ0n) is 15.2. The van der Waals surface area contributed by atoms with Crippen molar-refractivity contribution in [3.8, 4) is 0 Å². The van der Waals surface area contributed by atoms with Gasteiger partial charge in [-0.15, -0.1) is 0 Å². The molecule has 2 heterocycles. The molecule has 0 saturated carbocycles. The van der Waals surface area contributed by atoms with Crippen molar-refractivity contribution >= 4 is 15.9 Å². The Morgan fingerprint density at radius 2 is 2.16 bits per heavy atom. The Hall–Kier alpha value is -1.57. The molecule has 1 fully saturated rings. The summed E-state index contributed by atoms with van der Waals surface area (Å²) in [6, 6.07) is 1.93. The SMILES string of the molecule is CC(C)CS(=O)(=O)CCNC(=O)N1CCCC[C@@H]1CCn1cccn1. The van der Waals surface area contributed by atoms with Crippen molar-refractivity contribution in [2.24, 2.45) is 5.92 Å². The van der Waals surface area contributed by atoms with Gasteiger partial charge in [-0.25, -0.2) is 13.2 Å². The van der Waals surface area contributed by atoms with Crippen LogP contribution in [0.4, 0.5) is 4.79 Å². The molecule has 0 aromatic carbocycles. The third-order valence-corrected chi connectivity index (χ3v) is 6.42. The van der Waals surface area contributed by atoms with Crippen molar-refractivity contribution in [1.29, 1.82) is 0 Å². The van der Waals surface area contributed by atoms with E-state index in [0.29, 0.717) is 0 Å². The standard InChI is InChI=1S/C17H30N4O3S/c1-15(2)14-25(23,24)13-9-18-17(22)21-11-4-3-6-16(21)7-12-20-10-5-8-19-20/h5,8,10,15-16H,3-4,6-7,9,11-14H2,1-2H3,(H,18,22)/t16-/m1/s1. The highest BCUT2D eigenvalue weighted by Crippen LogP contribution is 2.20. The molecular formula is C17H30N4O3S. The molecule has 1 aliphatic heterocycles. The molecular weight excluding hydrogens is 340 g/mol. The Balaban J connectivity index is 1.81. The largest absolute Gasteiger partial charge is 0.337 e. The molecule has 1 aromatic heterocycles. The van der Waals surface area contributed by atoms with Gasteiger partial charge >= 0.3 is 6.03 Å². The third-order valence-electron chi connectivity index (χ3n) is 4.42. The smallest absolute Gasteiger partial charge is 0.317 e. The van der Waals surface area contributed by atoms with Crippen LogP contribution in [-0.4, -0.2) is 59.8 Å². The zero-order chi connectivity index (χ0) is 18.3. The summed E-state index contributed by atoms with van der Waals surface area (Å²) in [7, 11) is -3.11. The van der Waals surface area contributed by atoms with Gasteiger partial charge < -0.3 is 10.2 Å². The Morgan fingerprint density at radius 3 is 2.84 bits per heavy atom. The monoisotopic (exact) mass is 370 g/mol. The van der Waals surface area contributed by atoms with Gasteiger partial charge in [0.15, 0.2) is 9.84 Å². The highest BCUT2D eigenvalue weighted by Gasteiger charge is 2.26. The number of nitrogens with zero attached hydrogens (tertiary/aromatic N) is 3. The lowest BCUT2D eigenvalue weighted by atomic mass is 10.00. The lowest BCUT2D eigenvalue weighted by molar-refractivity contribution is 0.144. The molecule has 1 atom stereocenters. The minimum Gasteiger partial charge on any atom is -0.337 e. The van der Waals surface area contributed by atoms with Crippen molar-refractivity contribution in [1.82, 2.24) is 20.0 Å². The summed E-state index contributed by atoms with van der Waals surface area (Å²) in [5.74, 6) is 0.274. The van der Waals surface area contributed by atoms with Gasteiger partial charge in [-0.3, -0.25) is 4.68 Å². The number of aryl methyl sites for hydroxylation is 1. The molecule has 142 valence electrons. The van der Waals surface area contributed by atoms with E-state index in [0.717, 1.165) is 38.8 Å². The number of rotatable bonds is 8. The number of amides is 2. The average molecular weight is 371 g/mol. The van der Waals surface area contributed by atoms with Crippen LogP contribution in [0.25, 0.3) is 0 Å². The highest BCUT2D eigenvalue weighted by atomic mass is 32.2. The van der Waals surface area contributed by atoms with E-state index in [4.69, 9.17) is 0 Å². The summed E-state index contributed by atoms with van der Waals surface area (Å²) in [6.45, 7) is 5.46. The molecule has 1 aliphatic rings. The van der Waals surface area contributed by atoms with E-state index in [1.165, 1.54) is 0 Å². The molecule has 0 spiro atoms. The fraction of sp³-hybridized carbons (Fsp3) is 0.765. The first-order valence-corrected chi connectivity index (χ1v) is 10.9. The molecule has 0 radical (unpaired) electrons. The van der Waals surface area contributed by atoms with Gasteiger partial charge in [0.05, 0.1) is 11.5 Å². The van der Waals surface area contributed by atoms with Gasteiger partial charge in [-0.2, -0.15) is 5.10 Å². The summed E-state index contributed by atoms with van der Waals surface area (Å²) in [5.41, 5.74) is 0. The average Bonchev–Trinajstić information content (AvgIpc) is 3.05. The minimum absolute atomic E-state index is 0.00269. The van der Waals surface area contributed by atoms with E-state index in [-0.39, 0.29) is 36.0 Å². The summed E-state index contributed by atoms with van der Waals surface area (Å²) in [6.07, 6.45) is 7.64. The lowest BCUT2D eigenvalue weighted by Crippen LogP contribution is -2.49. The van der Waals surface area contributed by atoms with E-state index in [1.807, 2.05) is 35.7 Å². The Labute approximate surface area is 150 Å². The number of sulfone groups is 1. The van der Waals surface area contributed by atoms with Crippen LogP contribution in [0, 0.1) is 5.92 Å². The topological polar surface area (TPSA) is 84.3 Å². The second-order valence-corrected chi connectivity index (χ2v) is 9.37. The number of carbonyl (C=O) groups is 1. The minimum atomic E-state index is -3.11. The predicted molar refractivity (Wildman–Crippen MR) is 98.1 cm³/mol. The van der Waals surface area contributed by atoms with Gasteiger partial charge in [0, 0.05) is 38.1 Å². The molecule has 8 heteroatoms. The van der Waals surface area contributed by atoms with Crippen molar-refractivity contribution in [2.75, 3.05) is 24.6 Å². The van der Waals surface area contributed by atoms with Crippen LogP contribution in [0.3, 0.4) is 0 Å². The van der Waals surface area contributed by atoms with Crippen molar-refractivity contribution in [3.63, 3.8) is 0 Å². The Kier molecular flexibility index (Phi) is 7.28. The summed E-state index contributed by atoms with van der Waals surface area (Å²) >= 11 is 0. The maximum absolute atomic E-state index is 12.5. The van der Waals surface area contributed by atoms with Crippen LogP contribution in [-0.2, 0) is 16.4 Å². The normalized spacial score (nSPS) is 18.5. The first-order valence-electron chi connectivity index (χ1n) is 9.10. The van der Waals surface area contributed by atoms with Crippen molar-refractivity contribution in [2.45, 2.75) is 52.1 Å². The molecule has 7 nitrogen and oxygen atoms in total. The third kappa shape index (κ3) is 6.68. The molecule has 2 rings (SSSR count). The van der Waals surface area contributed by atoms with Gasteiger partial charge in [-0.05, 0) is 37.7 Å². The first-order chi connectivity index (χ1) is 11.9.